The summed E-state index contributed by atoms with van der Waals surface area (Å²) >= 11 is 0. The van der Waals surface area contributed by atoms with Gasteiger partial charge in [0.25, 0.3) is 0 Å². The van der Waals surface area contributed by atoms with Gasteiger partial charge in [0.05, 0.1) is 24.3 Å². The molecule has 1 aromatic carbocycles. The van der Waals surface area contributed by atoms with Crippen molar-refractivity contribution < 1.29 is 9.53 Å². The molecule has 4 rings (SSSR count). The van der Waals surface area contributed by atoms with Crippen molar-refractivity contribution in [2.24, 2.45) is 5.41 Å². The van der Waals surface area contributed by atoms with Crippen LogP contribution in [-0.2, 0) is 9.53 Å². The van der Waals surface area contributed by atoms with Gasteiger partial charge in [-0.2, -0.15) is 0 Å². The molecular formula is C20H24N2O2. The minimum absolute atomic E-state index is 0.0419. The van der Waals surface area contributed by atoms with E-state index in [1.807, 2.05) is 19.2 Å². The predicted octanol–water partition coefficient (Wildman–Crippen LogP) is 3.79. The predicted molar refractivity (Wildman–Crippen MR) is 92.5 cm³/mol. The molecule has 4 heteroatoms. The zero-order chi connectivity index (χ0) is 17.1. The number of carbonyl (C=O) groups is 1. The molecule has 2 atom stereocenters. The van der Waals surface area contributed by atoms with Crippen molar-refractivity contribution in [3.63, 3.8) is 0 Å². The van der Waals surface area contributed by atoms with E-state index in [0.29, 0.717) is 6.61 Å². The smallest absolute Gasteiger partial charge is 0.337 e. The lowest BCUT2D eigenvalue weighted by Gasteiger charge is -2.35. The van der Waals surface area contributed by atoms with Gasteiger partial charge in [-0.3, -0.25) is 10.0 Å². The minimum Gasteiger partial charge on any atom is -0.463 e. The maximum Gasteiger partial charge on any atom is 0.337 e. The first kappa shape index (κ1) is 15.3. The van der Waals surface area contributed by atoms with E-state index in [9.17, 15) is 4.79 Å². The van der Waals surface area contributed by atoms with E-state index in [1.165, 1.54) is 16.8 Å². The number of esters is 1. The molecular weight excluding hydrogens is 300 g/mol. The van der Waals surface area contributed by atoms with E-state index >= 15 is 0 Å². The number of hydrogen-bond acceptors (Lipinski definition) is 4. The van der Waals surface area contributed by atoms with Gasteiger partial charge in [-0.15, -0.1) is 0 Å². The van der Waals surface area contributed by atoms with Crippen molar-refractivity contribution in [3.05, 3.63) is 58.9 Å². The maximum atomic E-state index is 12.5. The van der Waals surface area contributed by atoms with Gasteiger partial charge < -0.3 is 4.74 Å². The van der Waals surface area contributed by atoms with Crippen LogP contribution in [0.1, 0.15) is 45.7 Å². The van der Waals surface area contributed by atoms with Gasteiger partial charge in [-0.1, -0.05) is 44.2 Å². The van der Waals surface area contributed by atoms with Crippen LogP contribution in [0.2, 0.25) is 0 Å². The zero-order valence-electron chi connectivity index (χ0n) is 14.7. The van der Waals surface area contributed by atoms with E-state index in [4.69, 9.17) is 4.74 Å². The molecule has 0 unspecified atom stereocenters. The number of hydrazine groups is 1. The fraction of sp³-hybridized carbons (Fsp3) is 0.450. The Morgan fingerprint density at radius 1 is 1.29 bits per heavy atom. The number of rotatable bonds is 3. The highest BCUT2D eigenvalue weighted by Crippen LogP contribution is 2.57. The van der Waals surface area contributed by atoms with Crippen LogP contribution in [0.5, 0.6) is 0 Å². The van der Waals surface area contributed by atoms with Crippen molar-refractivity contribution in [3.8, 4) is 0 Å². The number of hydrogen-bond donors (Lipinski definition) is 0. The highest BCUT2D eigenvalue weighted by atomic mass is 16.5. The van der Waals surface area contributed by atoms with Crippen LogP contribution in [-0.4, -0.2) is 28.6 Å². The molecule has 1 fully saturated rings. The van der Waals surface area contributed by atoms with Crippen molar-refractivity contribution in [1.82, 2.24) is 10.0 Å². The Labute approximate surface area is 143 Å². The highest BCUT2D eigenvalue weighted by Gasteiger charge is 2.57. The van der Waals surface area contributed by atoms with Crippen molar-refractivity contribution >= 4 is 5.97 Å². The molecule has 126 valence electrons. The van der Waals surface area contributed by atoms with E-state index in [2.05, 4.69) is 55.1 Å². The SMILES string of the molecule is CCOC(=O)C1=CN2[C@H](c3ccccc3)CC3=C(C)C(C)(C)[C@@H]1N32. The maximum absolute atomic E-state index is 12.5. The molecule has 0 aliphatic carbocycles. The summed E-state index contributed by atoms with van der Waals surface area (Å²) in [5, 5.41) is 4.58. The first-order valence-corrected chi connectivity index (χ1v) is 8.68. The summed E-state index contributed by atoms with van der Waals surface area (Å²) in [6, 6.07) is 10.8. The molecule has 0 saturated carbocycles. The van der Waals surface area contributed by atoms with Gasteiger partial charge in [0.1, 0.15) is 0 Å². The zero-order valence-corrected chi connectivity index (χ0v) is 14.7. The molecule has 3 aliphatic rings. The minimum atomic E-state index is -0.189. The first-order valence-electron chi connectivity index (χ1n) is 8.68. The molecule has 0 amide bonds. The average molecular weight is 324 g/mol. The summed E-state index contributed by atoms with van der Waals surface area (Å²) in [6.45, 7) is 8.93. The monoisotopic (exact) mass is 324 g/mol. The van der Waals surface area contributed by atoms with Crippen LogP contribution in [0.3, 0.4) is 0 Å². The fourth-order valence-corrected chi connectivity index (χ4v) is 4.37. The van der Waals surface area contributed by atoms with Crippen LogP contribution < -0.4 is 0 Å². The Morgan fingerprint density at radius 3 is 2.67 bits per heavy atom. The molecule has 0 spiro atoms. The van der Waals surface area contributed by atoms with E-state index in [-0.39, 0.29) is 23.5 Å². The second-order valence-electron chi connectivity index (χ2n) is 7.36. The third kappa shape index (κ3) is 1.89. The van der Waals surface area contributed by atoms with Gasteiger partial charge in [-0.05, 0) is 25.0 Å². The summed E-state index contributed by atoms with van der Waals surface area (Å²) in [5.74, 6) is -0.189. The molecule has 1 aromatic rings. The Balaban J connectivity index is 1.80. The molecule has 1 saturated heterocycles. The Bertz CT molecular complexity index is 748. The molecule has 0 aromatic heterocycles. The molecule has 4 nitrogen and oxygen atoms in total. The third-order valence-corrected chi connectivity index (χ3v) is 5.82. The standard InChI is InChI=1S/C20H24N2O2/c1-5-24-19(23)15-12-21-17(14-9-7-6-8-10-14)11-16-13(2)20(3,4)18(15)22(16)21/h6-10,12,17-18H,5,11H2,1-4H3/t17-,18+/m0/s1. The van der Waals surface area contributed by atoms with Crippen LogP contribution in [0, 0.1) is 5.41 Å². The topological polar surface area (TPSA) is 32.8 Å². The van der Waals surface area contributed by atoms with E-state index in [1.54, 1.807) is 0 Å². The van der Waals surface area contributed by atoms with Crippen molar-refractivity contribution in [2.45, 2.75) is 46.2 Å². The van der Waals surface area contributed by atoms with Gasteiger partial charge in [0, 0.05) is 23.7 Å². The molecule has 24 heavy (non-hydrogen) atoms. The summed E-state index contributed by atoms with van der Waals surface area (Å²) in [7, 11) is 0. The van der Waals surface area contributed by atoms with Gasteiger partial charge in [0.2, 0.25) is 0 Å². The van der Waals surface area contributed by atoms with E-state index in [0.717, 1.165) is 12.0 Å². The lowest BCUT2D eigenvalue weighted by atomic mass is 9.77. The Hall–Kier alpha value is -2.23. The summed E-state index contributed by atoms with van der Waals surface area (Å²) < 4.78 is 5.33. The lowest BCUT2D eigenvalue weighted by Crippen LogP contribution is -2.41. The van der Waals surface area contributed by atoms with Crippen LogP contribution in [0.15, 0.2) is 53.4 Å². The van der Waals surface area contributed by atoms with Gasteiger partial charge in [-0.25, -0.2) is 4.79 Å². The Kier molecular flexibility index (Phi) is 3.27. The normalized spacial score (nSPS) is 26.8. The first-order chi connectivity index (χ1) is 11.5. The Morgan fingerprint density at radius 2 is 2.00 bits per heavy atom. The quantitative estimate of drug-likeness (QED) is 0.792. The van der Waals surface area contributed by atoms with Gasteiger partial charge >= 0.3 is 5.97 Å². The van der Waals surface area contributed by atoms with Crippen LogP contribution >= 0.6 is 0 Å². The second-order valence-corrected chi connectivity index (χ2v) is 7.36. The van der Waals surface area contributed by atoms with E-state index < -0.39 is 0 Å². The summed E-state index contributed by atoms with van der Waals surface area (Å²) in [6.07, 6.45) is 3.00. The number of ether oxygens (including phenoxy) is 1. The van der Waals surface area contributed by atoms with Crippen molar-refractivity contribution in [1.29, 1.82) is 0 Å². The van der Waals surface area contributed by atoms with Gasteiger partial charge in [0.15, 0.2) is 0 Å². The summed E-state index contributed by atoms with van der Waals surface area (Å²) in [5.41, 5.74) is 4.73. The molecule has 0 bridgehead atoms. The van der Waals surface area contributed by atoms with Crippen LogP contribution in [0.4, 0.5) is 0 Å². The molecule has 0 radical (unpaired) electrons. The molecule has 3 aliphatic heterocycles. The number of carbonyl (C=O) groups excluding carboxylic acids is 1. The second kappa shape index (κ2) is 5.13. The largest absolute Gasteiger partial charge is 0.463 e. The molecule has 3 heterocycles. The fourth-order valence-electron chi connectivity index (χ4n) is 4.37. The number of nitrogens with zero attached hydrogens (tertiary/aromatic N) is 2. The number of benzene rings is 1. The average Bonchev–Trinajstić information content (AvgIpc) is 3.17. The highest BCUT2D eigenvalue weighted by molar-refractivity contribution is 5.91. The third-order valence-electron chi connectivity index (χ3n) is 5.82. The molecule has 0 N–H and O–H groups in total. The lowest BCUT2D eigenvalue weighted by molar-refractivity contribution is -0.139. The summed E-state index contributed by atoms with van der Waals surface area (Å²) in [4.78, 5) is 12.5. The van der Waals surface area contributed by atoms with Crippen molar-refractivity contribution in [2.75, 3.05) is 6.61 Å². The van der Waals surface area contributed by atoms with Crippen LogP contribution in [0.25, 0.3) is 0 Å².